The number of benzene rings is 1. The van der Waals surface area contributed by atoms with Crippen LogP contribution in [-0.2, 0) is 4.74 Å². The van der Waals surface area contributed by atoms with Gasteiger partial charge in [-0.1, -0.05) is 18.2 Å². The number of nitrogens with zero attached hydrogens (tertiary/aromatic N) is 3. The maximum Gasteiger partial charge on any atom is 0.229 e. The summed E-state index contributed by atoms with van der Waals surface area (Å²) in [5.74, 6) is 1.59. The molecule has 0 aliphatic carbocycles. The molecule has 5 heteroatoms. The van der Waals surface area contributed by atoms with E-state index in [4.69, 9.17) is 4.74 Å². The Morgan fingerprint density at radius 3 is 2.60 bits per heavy atom. The van der Waals surface area contributed by atoms with Gasteiger partial charge >= 0.3 is 0 Å². The topological polar surface area (TPSA) is 50.3 Å². The number of morpholine rings is 1. The average Bonchev–Trinajstić information content (AvgIpc) is 2.49. The lowest BCUT2D eigenvalue weighted by molar-refractivity contribution is 0.122. The number of ether oxygens (including phenoxy) is 1. The Bertz CT molecular complexity index is 567. The molecule has 0 amide bonds. The SMILES string of the molecule is Cc1cc(N2CCOCC2)nc(Nc2ccccc2)n1. The lowest BCUT2D eigenvalue weighted by Gasteiger charge is -2.28. The summed E-state index contributed by atoms with van der Waals surface area (Å²) in [7, 11) is 0. The lowest BCUT2D eigenvalue weighted by Crippen LogP contribution is -2.36. The van der Waals surface area contributed by atoms with E-state index >= 15 is 0 Å². The molecule has 1 aromatic carbocycles. The highest BCUT2D eigenvalue weighted by Crippen LogP contribution is 2.18. The summed E-state index contributed by atoms with van der Waals surface area (Å²) < 4.78 is 5.38. The smallest absolute Gasteiger partial charge is 0.229 e. The normalized spacial score (nSPS) is 15.2. The van der Waals surface area contributed by atoms with E-state index in [1.807, 2.05) is 43.3 Å². The van der Waals surface area contributed by atoms with Gasteiger partial charge < -0.3 is 15.0 Å². The highest BCUT2D eigenvalue weighted by molar-refractivity contribution is 5.55. The van der Waals surface area contributed by atoms with Crippen molar-refractivity contribution in [3.63, 3.8) is 0 Å². The van der Waals surface area contributed by atoms with Crippen LogP contribution in [0.5, 0.6) is 0 Å². The molecule has 3 rings (SSSR count). The number of aromatic nitrogens is 2. The summed E-state index contributed by atoms with van der Waals surface area (Å²) in [6, 6.07) is 12.0. The first kappa shape index (κ1) is 12.9. The van der Waals surface area contributed by atoms with Gasteiger partial charge in [-0.2, -0.15) is 4.98 Å². The number of hydrogen-bond donors (Lipinski definition) is 1. The van der Waals surface area contributed by atoms with Crippen LogP contribution in [0, 0.1) is 6.92 Å². The summed E-state index contributed by atoms with van der Waals surface area (Å²) in [6.45, 7) is 5.25. The Kier molecular flexibility index (Phi) is 3.78. The van der Waals surface area contributed by atoms with E-state index in [2.05, 4.69) is 20.2 Å². The monoisotopic (exact) mass is 270 g/mol. The third kappa shape index (κ3) is 3.05. The molecule has 0 bridgehead atoms. The summed E-state index contributed by atoms with van der Waals surface area (Å²) >= 11 is 0. The Balaban J connectivity index is 1.82. The fourth-order valence-corrected chi connectivity index (χ4v) is 2.21. The zero-order chi connectivity index (χ0) is 13.8. The lowest BCUT2D eigenvalue weighted by atomic mass is 10.3. The molecule has 1 fully saturated rings. The number of rotatable bonds is 3. The van der Waals surface area contributed by atoms with Crippen LogP contribution in [0.1, 0.15) is 5.69 Å². The third-order valence-electron chi connectivity index (χ3n) is 3.21. The first-order valence-corrected chi connectivity index (χ1v) is 6.82. The van der Waals surface area contributed by atoms with Crippen LogP contribution < -0.4 is 10.2 Å². The van der Waals surface area contributed by atoms with Crippen molar-refractivity contribution in [3.8, 4) is 0 Å². The van der Waals surface area contributed by atoms with Gasteiger partial charge in [0, 0.05) is 30.5 Å². The fourth-order valence-electron chi connectivity index (χ4n) is 2.21. The summed E-state index contributed by atoms with van der Waals surface area (Å²) in [5.41, 5.74) is 1.95. The first-order chi connectivity index (χ1) is 9.81. The maximum absolute atomic E-state index is 5.38. The van der Waals surface area contributed by atoms with Crippen molar-refractivity contribution >= 4 is 17.5 Å². The molecule has 0 unspecified atom stereocenters. The first-order valence-electron chi connectivity index (χ1n) is 6.82. The van der Waals surface area contributed by atoms with Crippen molar-refractivity contribution in [2.45, 2.75) is 6.92 Å². The van der Waals surface area contributed by atoms with Crippen molar-refractivity contribution in [1.29, 1.82) is 0 Å². The molecule has 0 radical (unpaired) electrons. The Labute approximate surface area is 118 Å². The second kappa shape index (κ2) is 5.88. The molecule has 1 aromatic heterocycles. The summed E-state index contributed by atoms with van der Waals surface area (Å²) in [5, 5.41) is 3.24. The Hall–Kier alpha value is -2.14. The fraction of sp³-hybridized carbons (Fsp3) is 0.333. The molecular formula is C15H18N4O. The molecular weight excluding hydrogens is 252 g/mol. The van der Waals surface area contributed by atoms with Gasteiger partial charge in [-0.15, -0.1) is 0 Å². The predicted molar refractivity (Wildman–Crippen MR) is 79.5 cm³/mol. The van der Waals surface area contributed by atoms with Crippen LogP contribution in [0.2, 0.25) is 0 Å². The quantitative estimate of drug-likeness (QED) is 0.928. The summed E-state index contributed by atoms with van der Waals surface area (Å²) in [4.78, 5) is 11.3. The Morgan fingerprint density at radius 2 is 1.85 bits per heavy atom. The van der Waals surface area contributed by atoms with Crippen molar-refractivity contribution in [3.05, 3.63) is 42.1 Å². The molecule has 2 heterocycles. The number of hydrogen-bond acceptors (Lipinski definition) is 5. The van der Waals surface area contributed by atoms with Gasteiger partial charge in [0.2, 0.25) is 5.95 Å². The van der Waals surface area contributed by atoms with Crippen molar-refractivity contribution in [2.75, 3.05) is 36.5 Å². The van der Waals surface area contributed by atoms with Crippen molar-refractivity contribution in [2.24, 2.45) is 0 Å². The molecule has 0 saturated carbocycles. The van der Waals surface area contributed by atoms with Gasteiger partial charge in [0.25, 0.3) is 0 Å². The summed E-state index contributed by atoms with van der Waals surface area (Å²) in [6.07, 6.45) is 0. The average molecular weight is 270 g/mol. The van der Waals surface area contributed by atoms with E-state index in [1.54, 1.807) is 0 Å². The van der Waals surface area contributed by atoms with Gasteiger partial charge in [0.1, 0.15) is 5.82 Å². The van der Waals surface area contributed by atoms with Crippen LogP contribution in [0.15, 0.2) is 36.4 Å². The van der Waals surface area contributed by atoms with E-state index in [0.717, 1.165) is 43.5 Å². The van der Waals surface area contributed by atoms with E-state index in [9.17, 15) is 0 Å². The Morgan fingerprint density at radius 1 is 1.10 bits per heavy atom. The second-order valence-corrected chi connectivity index (χ2v) is 4.78. The predicted octanol–water partition coefficient (Wildman–Crippen LogP) is 2.37. The molecule has 5 nitrogen and oxygen atoms in total. The van der Waals surface area contributed by atoms with E-state index in [0.29, 0.717) is 5.95 Å². The zero-order valence-corrected chi connectivity index (χ0v) is 11.5. The number of nitrogens with one attached hydrogen (secondary N) is 1. The van der Waals surface area contributed by atoms with E-state index in [1.165, 1.54) is 0 Å². The van der Waals surface area contributed by atoms with E-state index in [-0.39, 0.29) is 0 Å². The molecule has 1 aliphatic rings. The molecule has 1 aliphatic heterocycles. The minimum atomic E-state index is 0.637. The van der Waals surface area contributed by atoms with Crippen LogP contribution in [-0.4, -0.2) is 36.3 Å². The van der Waals surface area contributed by atoms with Gasteiger partial charge in [0.15, 0.2) is 0 Å². The molecule has 1 N–H and O–H groups in total. The number of aryl methyl sites for hydroxylation is 1. The van der Waals surface area contributed by atoms with Crippen LogP contribution >= 0.6 is 0 Å². The van der Waals surface area contributed by atoms with Crippen LogP contribution in [0.4, 0.5) is 17.5 Å². The van der Waals surface area contributed by atoms with Crippen LogP contribution in [0.3, 0.4) is 0 Å². The van der Waals surface area contributed by atoms with Gasteiger partial charge in [-0.25, -0.2) is 4.98 Å². The van der Waals surface area contributed by atoms with Gasteiger partial charge in [0.05, 0.1) is 13.2 Å². The molecule has 2 aromatic rings. The highest BCUT2D eigenvalue weighted by atomic mass is 16.5. The van der Waals surface area contributed by atoms with E-state index < -0.39 is 0 Å². The molecule has 20 heavy (non-hydrogen) atoms. The molecule has 0 spiro atoms. The van der Waals surface area contributed by atoms with Gasteiger partial charge in [-0.05, 0) is 19.1 Å². The van der Waals surface area contributed by atoms with Gasteiger partial charge in [-0.3, -0.25) is 0 Å². The minimum Gasteiger partial charge on any atom is -0.378 e. The molecule has 104 valence electrons. The minimum absolute atomic E-state index is 0.637. The second-order valence-electron chi connectivity index (χ2n) is 4.78. The van der Waals surface area contributed by atoms with Crippen molar-refractivity contribution in [1.82, 2.24) is 9.97 Å². The third-order valence-corrected chi connectivity index (χ3v) is 3.21. The standard InChI is InChI=1S/C15H18N4O/c1-12-11-14(19-7-9-20-10-8-19)18-15(16-12)17-13-5-3-2-4-6-13/h2-6,11H,7-10H2,1H3,(H,16,17,18). The number of anilines is 3. The highest BCUT2D eigenvalue weighted by Gasteiger charge is 2.14. The van der Waals surface area contributed by atoms with Crippen LogP contribution in [0.25, 0.3) is 0 Å². The maximum atomic E-state index is 5.38. The zero-order valence-electron chi connectivity index (χ0n) is 11.5. The number of para-hydroxylation sites is 1. The molecule has 1 saturated heterocycles. The molecule has 0 atom stereocenters. The largest absolute Gasteiger partial charge is 0.378 e. The van der Waals surface area contributed by atoms with Crippen molar-refractivity contribution < 1.29 is 4.74 Å².